The van der Waals surface area contributed by atoms with Crippen LogP contribution < -0.4 is 14.8 Å². The number of hydrogen-bond donors (Lipinski definition) is 1. The van der Waals surface area contributed by atoms with Gasteiger partial charge in [0.2, 0.25) is 0 Å². The molecule has 0 bridgehead atoms. The van der Waals surface area contributed by atoms with Crippen molar-refractivity contribution in [2.45, 2.75) is 59.3 Å². The van der Waals surface area contributed by atoms with Gasteiger partial charge in [-0.15, -0.1) is 0 Å². The molecule has 158 valence electrons. The summed E-state index contributed by atoms with van der Waals surface area (Å²) in [6, 6.07) is 14.8. The summed E-state index contributed by atoms with van der Waals surface area (Å²) in [4.78, 5) is 12.5. The smallest absolute Gasteiger partial charge is 0.255 e. The number of amides is 1. The average molecular weight is 398 g/mol. The van der Waals surface area contributed by atoms with Gasteiger partial charge in [-0.2, -0.15) is 0 Å². The molecule has 2 aromatic rings. The lowest BCUT2D eigenvalue weighted by molar-refractivity contribution is 0.102. The largest absolute Gasteiger partial charge is 0.494 e. The summed E-state index contributed by atoms with van der Waals surface area (Å²) < 4.78 is 11.5. The van der Waals surface area contributed by atoms with E-state index >= 15 is 0 Å². The lowest BCUT2D eigenvalue weighted by Gasteiger charge is -2.10. The molecule has 0 radical (unpaired) electrons. The zero-order valence-electron chi connectivity index (χ0n) is 18.1. The van der Waals surface area contributed by atoms with E-state index in [4.69, 9.17) is 9.47 Å². The number of hydrogen-bond acceptors (Lipinski definition) is 3. The zero-order valence-corrected chi connectivity index (χ0v) is 18.1. The Morgan fingerprint density at radius 2 is 1.62 bits per heavy atom. The molecule has 0 heterocycles. The summed E-state index contributed by atoms with van der Waals surface area (Å²) in [6.45, 7) is 7.95. The normalized spacial score (nSPS) is 10.8. The number of anilines is 1. The van der Waals surface area contributed by atoms with Crippen LogP contribution in [0.2, 0.25) is 0 Å². The van der Waals surface area contributed by atoms with Gasteiger partial charge in [0, 0.05) is 17.3 Å². The fourth-order valence-electron chi connectivity index (χ4n) is 2.88. The van der Waals surface area contributed by atoms with Gasteiger partial charge in [-0.1, -0.05) is 52.5 Å². The van der Waals surface area contributed by atoms with Gasteiger partial charge >= 0.3 is 0 Å². The standard InChI is InChI=1S/C25H35NO3/c1-4-5-6-7-8-17-28-24-11-9-10-22(19-24)26-25(27)21-12-14-23(15-13-21)29-18-16-20(2)3/h9-15,19-20H,4-8,16-18H2,1-3H3,(H,26,27). The molecule has 0 spiro atoms. The molecule has 0 aliphatic heterocycles. The highest BCUT2D eigenvalue weighted by atomic mass is 16.5. The maximum absolute atomic E-state index is 12.5. The minimum atomic E-state index is -0.143. The molecular formula is C25H35NO3. The van der Waals surface area contributed by atoms with Gasteiger partial charge in [0.15, 0.2) is 0 Å². The summed E-state index contributed by atoms with van der Waals surface area (Å²) >= 11 is 0. The van der Waals surface area contributed by atoms with Gasteiger partial charge in [-0.3, -0.25) is 4.79 Å². The molecule has 0 fully saturated rings. The predicted octanol–water partition coefficient (Wildman–Crippen LogP) is 6.71. The lowest BCUT2D eigenvalue weighted by atomic mass is 10.1. The second-order valence-electron chi connectivity index (χ2n) is 7.80. The van der Waals surface area contributed by atoms with E-state index in [1.807, 2.05) is 36.4 Å². The van der Waals surface area contributed by atoms with Crippen molar-refractivity contribution >= 4 is 11.6 Å². The molecule has 1 N–H and O–H groups in total. The van der Waals surface area contributed by atoms with Crippen LogP contribution in [0.5, 0.6) is 11.5 Å². The van der Waals surface area contributed by atoms with E-state index in [0.29, 0.717) is 24.7 Å². The van der Waals surface area contributed by atoms with Crippen LogP contribution in [0.15, 0.2) is 48.5 Å². The Balaban J connectivity index is 1.80. The fraction of sp³-hybridized carbons (Fsp3) is 0.480. The Morgan fingerprint density at radius 1 is 0.897 bits per heavy atom. The van der Waals surface area contributed by atoms with Crippen molar-refractivity contribution in [1.29, 1.82) is 0 Å². The summed E-state index contributed by atoms with van der Waals surface area (Å²) in [5, 5.41) is 2.93. The molecule has 1 amide bonds. The fourth-order valence-corrected chi connectivity index (χ4v) is 2.88. The molecule has 29 heavy (non-hydrogen) atoms. The average Bonchev–Trinajstić information content (AvgIpc) is 2.71. The van der Waals surface area contributed by atoms with Crippen LogP contribution in [0.1, 0.15) is 69.7 Å². The van der Waals surface area contributed by atoms with E-state index in [1.54, 1.807) is 12.1 Å². The first-order valence-electron chi connectivity index (χ1n) is 10.9. The summed E-state index contributed by atoms with van der Waals surface area (Å²) in [5.74, 6) is 2.04. The van der Waals surface area contributed by atoms with Crippen LogP contribution >= 0.6 is 0 Å². The van der Waals surface area contributed by atoms with Gasteiger partial charge in [-0.05, 0) is 55.2 Å². The molecule has 0 saturated carbocycles. The lowest BCUT2D eigenvalue weighted by Crippen LogP contribution is -2.12. The highest BCUT2D eigenvalue weighted by Gasteiger charge is 2.07. The van der Waals surface area contributed by atoms with Gasteiger partial charge < -0.3 is 14.8 Å². The first kappa shape index (κ1) is 22.8. The molecule has 0 atom stereocenters. The molecule has 0 aliphatic rings. The molecule has 0 unspecified atom stereocenters. The maximum Gasteiger partial charge on any atom is 0.255 e. The topological polar surface area (TPSA) is 47.6 Å². The van der Waals surface area contributed by atoms with Crippen molar-refractivity contribution in [3.8, 4) is 11.5 Å². The van der Waals surface area contributed by atoms with Gasteiger partial charge in [0.05, 0.1) is 13.2 Å². The SMILES string of the molecule is CCCCCCCOc1cccc(NC(=O)c2ccc(OCCC(C)C)cc2)c1. The number of carbonyl (C=O) groups excluding carboxylic acids is 1. The van der Waals surface area contributed by atoms with Crippen molar-refractivity contribution in [1.82, 2.24) is 0 Å². The number of carbonyl (C=O) groups is 1. The van der Waals surface area contributed by atoms with E-state index in [-0.39, 0.29) is 5.91 Å². The number of rotatable bonds is 13. The molecule has 0 aromatic heterocycles. The minimum absolute atomic E-state index is 0.143. The predicted molar refractivity (Wildman–Crippen MR) is 120 cm³/mol. The van der Waals surface area contributed by atoms with Gasteiger partial charge in [0.1, 0.15) is 11.5 Å². The van der Waals surface area contributed by atoms with Crippen molar-refractivity contribution < 1.29 is 14.3 Å². The Kier molecular flexibility index (Phi) is 10.1. The van der Waals surface area contributed by atoms with Crippen molar-refractivity contribution in [3.63, 3.8) is 0 Å². The number of nitrogens with one attached hydrogen (secondary N) is 1. The van der Waals surface area contributed by atoms with Crippen LogP contribution in [0.25, 0.3) is 0 Å². The quantitative estimate of drug-likeness (QED) is 0.382. The third-order valence-electron chi connectivity index (χ3n) is 4.69. The van der Waals surface area contributed by atoms with Crippen LogP contribution in [-0.4, -0.2) is 19.1 Å². The molecule has 4 heteroatoms. The Bertz CT molecular complexity index is 725. The van der Waals surface area contributed by atoms with E-state index in [1.165, 1.54) is 25.7 Å². The molecule has 2 rings (SSSR count). The first-order chi connectivity index (χ1) is 14.1. The van der Waals surface area contributed by atoms with Crippen LogP contribution in [0, 0.1) is 5.92 Å². The van der Waals surface area contributed by atoms with Crippen LogP contribution in [-0.2, 0) is 0 Å². The van der Waals surface area contributed by atoms with E-state index < -0.39 is 0 Å². The highest BCUT2D eigenvalue weighted by molar-refractivity contribution is 6.04. The van der Waals surface area contributed by atoms with Crippen molar-refractivity contribution in [3.05, 3.63) is 54.1 Å². The summed E-state index contributed by atoms with van der Waals surface area (Å²) in [6.07, 6.45) is 7.06. The third-order valence-corrected chi connectivity index (χ3v) is 4.69. The van der Waals surface area contributed by atoms with Crippen LogP contribution in [0.4, 0.5) is 5.69 Å². The van der Waals surface area contributed by atoms with Gasteiger partial charge in [0.25, 0.3) is 5.91 Å². The highest BCUT2D eigenvalue weighted by Crippen LogP contribution is 2.20. The molecule has 2 aromatic carbocycles. The zero-order chi connectivity index (χ0) is 20.9. The monoisotopic (exact) mass is 397 g/mol. The molecule has 0 saturated heterocycles. The van der Waals surface area contributed by atoms with Gasteiger partial charge in [-0.25, -0.2) is 0 Å². The maximum atomic E-state index is 12.5. The van der Waals surface area contributed by atoms with E-state index in [9.17, 15) is 4.79 Å². The number of benzene rings is 2. The Labute approximate surface area is 175 Å². The van der Waals surface area contributed by atoms with E-state index in [2.05, 4.69) is 26.1 Å². The van der Waals surface area contributed by atoms with Crippen molar-refractivity contribution in [2.75, 3.05) is 18.5 Å². The molecule has 0 aliphatic carbocycles. The molecular weight excluding hydrogens is 362 g/mol. The first-order valence-corrected chi connectivity index (χ1v) is 10.9. The second kappa shape index (κ2) is 12.9. The van der Waals surface area contributed by atoms with E-state index in [0.717, 1.165) is 30.0 Å². The van der Waals surface area contributed by atoms with Crippen LogP contribution in [0.3, 0.4) is 0 Å². The number of ether oxygens (including phenoxy) is 2. The summed E-state index contributed by atoms with van der Waals surface area (Å²) in [5.41, 5.74) is 1.33. The third kappa shape index (κ3) is 9.03. The Morgan fingerprint density at radius 3 is 2.34 bits per heavy atom. The second-order valence-corrected chi connectivity index (χ2v) is 7.80. The number of unbranched alkanes of at least 4 members (excludes halogenated alkanes) is 4. The summed E-state index contributed by atoms with van der Waals surface area (Å²) in [7, 11) is 0. The molecule has 4 nitrogen and oxygen atoms in total. The Hall–Kier alpha value is -2.49. The minimum Gasteiger partial charge on any atom is -0.494 e. The van der Waals surface area contributed by atoms with Crippen molar-refractivity contribution in [2.24, 2.45) is 5.92 Å².